The Morgan fingerprint density at radius 3 is 2.51 bits per heavy atom. The molecule has 200 valence electrons. The van der Waals surface area contributed by atoms with E-state index in [1.165, 1.54) is 16.8 Å². The van der Waals surface area contributed by atoms with Gasteiger partial charge in [-0.1, -0.05) is 66.7 Å². The van der Waals surface area contributed by atoms with Gasteiger partial charge in [0, 0.05) is 30.8 Å². The number of halogens is 1. The average Bonchev–Trinajstić information content (AvgIpc) is 2.97. The van der Waals surface area contributed by atoms with Gasteiger partial charge in [0.1, 0.15) is 18.2 Å². The van der Waals surface area contributed by atoms with Crippen LogP contribution in [0.15, 0.2) is 83.7 Å². The van der Waals surface area contributed by atoms with Crippen molar-refractivity contribution in [3.8, 4) is 16.9 Å². The number of ether oxygens (including phenoxy) is 2. The van der Waals surface area contributed by atoms with Crippen LogP contribution in [0, 0.1) is 12.7 Å². The number of morpholine rings is 1. The van der Waals surface area contributed by atoms with Gasteiger partial charge < -0.3 is 9.47 Å². The van der Waals surface area contributed by atoms with Crippen molar-refractivity contribution >= 4 is 12.2 Å². The second kappa shape index (κ2) is 12.7. The molecule has 5 rings (SSSR count). The molecule has 3 aromatic carbocycles. The van der Waals surface area contributed by atoms with Crippen molar-refractivity contribution < 1.29 is 13.9 Å². The quantitative estimate of drug-likeness (QED) is 0.291. The number of para-hydroxylation sites is 1. The highest BCUT2D eigenvalue weighted by atomic mass is 19.1. The molecular formula is C32H32FN3O3. The molecule has 0 unspecified atom stereocenters. The Balaban J connectivity index is 1.54. The van der Waals surface area contributed by atoms with E-state index in [1.54, 1.807) is 24.3 Å². The summed E-state index contributed by atoms with van der Waals surface area (Å²) in [4.78, 5) is 16.1. The maximum atomic E-state index is 13.9. The van der Waals surface area contributed by atoms with E-state index in [2.05, 4.69) is 4.90 Å². The molecule has 1 aromatic heterocycles. The number of benzene rings is 3. The molecule has 1 aliphatic rings. The third kappa shape index (κ3) is 6.69. The zero-order valence-electron chi connectivity index (χ0n) is 22.1. The fraction of sp³-hybridized carbons (Fsp3) is 0.250. The standard InChI is InChI=1S/C32H32FN3O3/c1-24-31(28-12-5-6-13-30(28)39-23-26-8-3-2-4-9-26)29(15-14-25-10-7-11-27(33)22-25)32(37)36(34-24)17-16-35-18-20-38-21-19-35/h2-15,22H,16-21,23H2,1H3/b15-14+. The van der Waals surface area contributed by atoms with Crippen LogP contribution in [0.1, 0.15) is 22.4 Å². The van der Waals surface area contributed by atoms with Crippen LogP contribution in [0.25, 0.3) is 23.3 Å². The molecule has 6 nitrogen and oxygen atoms in total. The summed E-state index contributed by atoms with van der Waals surface area (Å²) in [6, 6.07) is 23.9. The SMILES string of the molecule is Cc1nn(CCN2CCOCC2)c(=O)c(/C=C/c2cccc(F)c2)c1-c1ccccc1OCc1ccccc1. The molecule has 0 saturated carbocycles. The number of aromatic nitrogens is 2. The molecule has 1 aliphatic heterocycles. The summed E-state index contributed by atoms with van der Waals surface area (Å²) in [6.45, 7) is 6.55. The van der Waals surface area contributed by atoms with E-state index in [4.69, 9.17) is 14.6 Å². The summed E-state index contributed by atoms with van der Waals surface area (Å²) < 4.78 is 27.1. The summed E-state index contributed by atoms with van der Waals surface area (Å²) in [6.07, 6.45) is 3.53. The molecule has 1 saturated heterocycles. The lowest BCUT2D eigenvalue weighted by Crippen LogP contribution is -2.40. The number of rotatable bonds is 9. The third-order valence-corrected chi connectivity index (χ3v) is 6.78. The van der Waals surface area contributed by atoms with E-state index in [9.17, 15) is 9.18 Å². The smallest absolute Gasteiger partial charge is 0.274 e. The molecule has 0 radical (unpaired) electrons. The average molecular weight is 526 g/mol. The number of aryl methyl sites for hydroxylation is 1. The highest BCUT2D eigenvalue weighted by Crippen LogP contribution is 2.34. The van der Waals surface area contributed by atoms with Gasteiger partial charge in [0.2, 0.25) is 0 Å². The summed E-state index contributed by atoms with van der Waals surface area (Å²) in [5.74, 6) is 0.336. The fourth-order valence-corrected chi connectivity index (χ4v) is 4.75. The molecule has 0 amide bonds. The van der Waals surface area contributed by atoms with Gasteiger partial charge >= 0.3 is 0 Å². The molecule has 1 fully saturated rings. The predicted octanol–water partition coefficient (Wildman–Crippen LogP) is 5.44. The summed E-state index contributed by atoms with van der Waals surface area (Å²) in [5.41, 5.74) is 4.22. The first kappa shape index (κ1) is 26.5. The first-order valence-corrected chi connectivity index (χ1v) is 13.2. The van der Waals surface area contributed by atoms with Gasteiger partial charge in [-0.25, -0.2) is 9.07 Å². The molecule has 0 atom stereocenters. The van der Waals surface area contributed by atoms with Gasteiger partial charge in [0.25, 0.3) is 5.56 Å². The van der Waals surface area contributed by atoms with Gasteiger partial charge in [-0.2, -0.15) is 5.10 Å². The topological polar surface area (TPSA) is 56.6 Å². The molecule has 39 heavy (non-hydrogen) atoms. The Morgan fingerprint density at radius 2 is 1.72 bits per heavy atom. The Labute approximate surface area is 227 Å². The predicted molar refractivity (Wildman–Crippen MR) is 152 cm³/mol. The van der Waals surface area contributed by atoms with Crippen LogP contribution in [-0.4, -0.2) is 47.5 Å². The van der Waals surface area contributed by atoms with E-state index in [0.717, 1.165) is 24.2 Å². The Kier molecular flexibility index (Phi) is 8.61. The van der Waals surface area contributed by atoms with Crippen LogP contribution in [0.5, 0.6) is 5.75 Å². The van der Waals surface area contributed by atoms with Crippen molar-refractivity contribution in [2.24, 2.45) is 0 Å². The van der Waals surface area contributed by atoms with Crippen molar-refractivity contribution in [3.05, 3.63) is 117 Å². The lowest BCUT2D eigenvalue weighted by molar-refractivity contribution is 0.0358. The van der Waals surface area contributed by atoms with Crippen LogP contribution < -0.4 is 10.3 Å². The Hall–Kier alpha value is -4.07. The van der Waals surface area contributed by atoms with Crippen LogP contribution in [0.3, 0.4) is 0 Å². The third-order valence-electron chi connectivity index (χ3n) is 6.78. The molecule has 0 aliphatic carbocycles. The zero-order valence-corrected chi connectivity index (χ0v) is 22.1. The summed E-state index contributed by atoms with van der Waals surface area (Å²) in [7, 11) is 0. The highest BCUT2D eigenvalue weighted by molar-refractivity contribution is 5.84. The molecule has 2 heterocycles. The molecule has 7 heteroatoms. The minimum atomic E-state index is -0.328. The number of hydrogen-bond acceptors (Lipinski definition) is 5. The van der Waals surface area contributed by atoms with Crippen LogP contribution in [0.2, 0.25) is 0 Å². The van der Waals surface area contributed by atoms with Gasteiger partial charge in [0.15, 0.2) is 0 Å². The van der Waals surface area contributed by atoms with Crippen molar-refractivity contribution in [1.29, 1.82) is 0 Å². The minimum absolute atomic E-state index is 0.200. The van der Waals surface area contributed by atoms with Crippen LogP contribution in [0.4, 0.5) is 4.39 Å². The summed E-state index contributed by atoms with van der Waals surface area (Å²) >= 11 is 0. The molecule has 0 N–H and O–H groups in total. The number of nitrogens with zero attached hydrogens (tertiary/aromatic N) is 3. The second-order valence-electron chi connectivity index (χ2n) is 9.52. The molecule has 4 aromatic rings. The highest BCUT2D eigenvalue weighted by Gasteiger charge is 2.19. The van der Waals surface area contributed by atoms with E-state index in [0.29, 0.717) is 61.0 Å². The Morgan fingerprint density at radius 1 is 0.949 bits per heavy atom. The fourth-order valence-electron chi connectivity index (χ4n) is 4.75. The maximum Gasteiger partial charge on any atom is 0.274 e. The molecular weight excluding hydrogens is 493 g/mol. The van der Waals surface area contributed by atoms with Crippen molar-refractivity contribution in [1.82, 2.24) is 14.7 Å². The van der Waals surface area contributed by atoms with Gasteiger partial charge in [0.05, 0.1) is 31.0 Å². The van der Waals surface area contributed by atoms with Crippen molar-refractivity contribution in [2.45, 2.75) is 20.1 Å². The van der Waals surface area contributed by atoms with Crippen LogP contribution >= 0.6 is 0 Å². The van der Waals surface area contributed by atoms with E-state index in [1.807, 2.05) is 61.5 Å². The van der Waals surface area contributed by atoms with Gasteiger partial charge in [-0.15, -0.1) is 0 Å². The van der Waals surface area contributed by atoms with Crippen LogP contribution in [-0.2, 0) is 17.9 Å². The first-order chi connectivity index (χ1) is 19.1. The largest absolute Gasteiger partial charge is 0.488 e. The van der Waals surface area contributed by atoms with E-state index in [-0.39, 0.29) is 11.4 Å². The second-order valence-corrected chi connectivity index (χ2v) is 9.52. The minimum Gasteiger partial charge on any atom is -0.488 e. The lowest BCUT2D eigenvalue weighted by atomic mass is 9.97. The van der Waals surface area contributed by atoms with Crippen molar-refractivity contribution in [3.63, 3.8) is 0 Å². The van der Waals surface area contributed by atoms with Crippen molar-refractivity contribution in [2.75, 3.05) is 32.8 Å². The van der Waals surface area contributed by atoms with Gasteiger partial charge in [-0.05, 0) is 42.3 Å². The zero-order chi connectivity index (χ0) is 27.0. The molecule has 0 bridgehead atoms. The van der Waals surface area contributed by atoms with E-state index < -0.39 is 0 Å². The van der Waals surface area contributed by atoms with Gasteiger partial charge in [-0.3, -0.25) is 9.69 Å². The number of hydrogen-bond donors (Lipinski definition) is 0. The molecule has 0 spiro atoms. The maximum absolute atomic E-state index is 13.9. The first-order valence-electron chi connectivity index (χ1n) is 13.2. The monoisotopic (exact) mass is 525 g/mol. The normalized spacial score (nSPS) is 14.1. The Bertz CT molecular complexity index is 1490. The lowest BCUT2D eigenvalue weighted by Gasteiger charge is -2.26. The van der Waals surface area contributed by atoms with E-state index >= 15 is 0 Å². The summed E-state index contributed by atoms with van der Waals surface area (Å²) in [5, 5.41) is 4.72.